The molecule has 0 aromatic heterocycles. The number of aliphatic hydroxyl groups is 1. The number of epoxide rings is 1. The fraction of sp³-hybridized carbons (Fsp3) is 0.760. The molecule has 0 amide bonds. The van der Waals surface area contributed by atoms with Gasteiger partial charge in [-0.25, -0.2) is 9.13 Å². The molecule has 382 valence electrons. The Labute approximate surface area is 397 Å². The smallest absolute Gasteiger partial charge is 0.462 e. The van der Waals surface area contributed by atoms with Crippen LogP contribution >= 0.6 is 15.6 Å². The highest BCUT2D eigenvalue weighted by molar-refractivity contribution is 7.47. The van der Waals surface area contributed by atoms with Crippen molar-refractivity contribution in [1.82, 2.24) is 0 Å². The van der Waals surface area contributed by atoms with Gasteiger partial charge in [0.15, 0.2) is 6.10 Å². The van der Waals surface area contributed by atoms with Gasteiger partial charge in [-0.1, -0.05) is 184 Å². The minimum absolute atomic E-state index is 0.00225. The van der Waals surface area contributed by atoms with E-state index in [9.17, 15) is 28.7 Å². The van der Waals surface area contributed by atoms with Crippen molar-refractivity contribution in [2.75, 3.05) is 26.4 Å². The van der Waals surface area contributed by atoms with E-state index in [-0.39, 0.29) is 12.8 Å². The molecule has 16 heteroatoms. The molecule has 3 unspecified atom stereocenters. The number of allylic oxidation sites excluding steroid dienone is 8. The van der Waals surface area contributed by atoms with Gasteiger partial charge in [0.1, 0.15) is 12.7 Å². The summed E-state index contributed by atoms with van der Waals surface area (Å²) in [6, 6.07) is 0. The van der Waals surface area contributed by atoms with Crippen LogP contribution in [0.1, 0.15) is 188 Å². The average molecular weight is 975 g/mol. The Bertz CT molecular complexity index is 1470. The molecule has 4 N–H and O–H groups in total. The summed E-state index contributed by atoms with van der Waals surface area (Å²) in [5, 5.41) is 9.77. The highest BCUT2D eigenvalue weighted by Crippen LogP contribution is 2.44. The summed E-state index contributed by atoms with van der Waals surface area (Å²) in [7, 11) is -9.71. The molecule has 1 fully saturated rings. The van der Waals surface area contributed by atoms with E-state index in [1.807, 2.05) is 18.2 Å². The molecule has 0 bridgehead atoms. The van der Waals surface area contributed by atoms with Crippen LogP contribution in [0, 0.1) is 5.92 Å². The summed E-state index contributed by atoms with van der Waals surface area (Å²) in [5.74, 6) is -0.310. The third kappa shape index (κ3) is 41.9. The Morgan fingerprint density at radius 1 is 0.561 bits per heavy atom. The van der Waals surface area contributed by atoms with E-state index < -0.39 is 66.2 Å². The van der Waals surface area contributed by atoms with E-state index in [1.165, 1.54) is 83.5 Å². The zero-order valence-corrected chi connectivity index (χ0v) is 42.4. The number of ether oxygens (including phenoxy) is 3. The first-order valence-electron chi connectivity index (χ1n) is 25.0. The fourth-order valence-corrected chi connectivity index (χ4v) is 8.05. The quantitative estimate of drug-likeness (QED) is 0.0147. The lowest BCUT2D eigenvalue weighted by Crippen LogP contribution is -2.29. The summed E-state index contributed by atoms with van der Waals surface area (Å²) in [6.45, 7) is 3.92. The molecule has 66 heavy (non-hydrogen) atoms. The topological polar surface area (TPSA) is 208 Å². The molecule has 1 aliphatic heterocycles. The van der Waals surface area contributed by atoms with E-state index in [4.69, 9.17) is 33.0 Å². The number of phosphoric ester groups is 2. The zero-order chi connectivity index (χ0) is 48.6. The number of hydrogen-bond acceptors (Lipinski definition) is 11. The van der Waals surface area contributed by atoms with Gasteiger partial charge in [0.2, 0.25) is 0 Å². The Kier molecular flexibility index (Phi) is 38.1. The first kappa shape index (κ1) is 61.8. The van der Waals surface area contributed by atoms with Crippen molar-refractivity contribution in [1.29, 1.82) is 0 Å². The van der Waals surface area contributed by atoms with Crippen molar-refractivity contribution in [3.63, 3.8) is 0 Å². The van der Waals surface area contributed by atoms with Crippen molar-refractivity contribution in [2.24, 2.45) is 5.92 Å². The van der Waals surface area contributed by atoms with Gasteiger partial charge in [-0.3, -0.25) is 23.2 Å². The second-order valence-electron chi connectivity index (χ2n) is 17.6. The van der Waals surface area contributed by atoms with E-state index in [0.29, 0.717) is 31.5 Å². The summed E-state index contributed by atoms with van der Waals surface area (Å²) in [5.41, 5.74) is 0. The van der Waals surface area contributed by atoms with Crippen molar-refractivity contribution < 1.29 is 66.3 Å². The minimum atomic E-state index is -4.88. The van der Waals surface area contributed by atoms with Gasteiger partial charge in [-0.2, -0.15) is 0 Å². The standard InChI is InChI=1S/C50H88O14P2/c1-4-5-30-36-47-48(64-47)37-32-27-23-19-15-12-13-17-21-25-29-34-39-50(53)63-46(43-62-66(57,58)61-41-45(51)40-60-65(54,55)56)42-59-49(52)38-33-28-24-20-16-11-9-7-6-8-10-14-18-22-26-31-35-44(2)3/h5,13,15,17,19,25,27,29-30,32,44-48,51H,4,6-12,14,16,18,20-24,26,28,31,33-43H2,1-3H3,(H,57,58)(H2,54,55,56)/b17-13-,19-15-,29-25-,30-5-,32-27-/t45-,46+,47?,48?/m0/s1. The molecule has 1 aliphatic rings. The van der Waals surface area contributed by atoms with Crippen LogP contribution in [0.5, 0.6) is 0 Å². The number of esters is 2. The van der Waals surface area contributed by atoms with E-state index in [0.717, 1.165) is 57.3 Å². The van der Waals surface area contributed by atoms with Crippen molar-refractivity contribution >= 4 is 27.6 Å². The molecule has 1 saturated heterocycles. The maximum Gasteiger partial charge on any atom is 0.472 e. The van der Waals surface area contributed by atoms with Crippen LogP contribution in [0.15, 0.2) is 60.8 Å². The molecular weight excluding hydrogens is 886 g/mol. The van der Waals surface area contributed by atoms with E-state index in [2.05, 4.69) is 67.8 Å². The van der Waals surface area contributed by atoms with Crippen LogP contribution in [-0.2, 0) is 46.5 Å². The molecule has 1 heterocycles. The Balaban J connectivity index is 2.34. The third-order valence-corrected chi connectivity index (χ3v) is 12.2. The molecule has 0 radical (unpaired) electrons. The van der Waals surface area contributed by atoms with Gasteiger partial charge in [-0.15, -0.1) is 0 Å². The van der Waals surface area contributed by atoms with E-state index >= 15 is 0 Å². The van der Waals surface area contributed by atoms with Crippen LogP contribution in [0.3, 0.4) is 0 Å². The number of hydrogen-bond donors (Lipinski definition) is 4. The van der Waals surface area contributed by atoms with Gasteiger partial charge in [0, 0.05) is 12.8 Å². The Hall–Kier alpha value is -2.22. The van der Waals surface area contributed by atoms with Crippen LogP contribution in [-0.4, -0.2) is 82.6 Å². The lowest BCUT2D eigenvalue weighted by molar-refractivity contribution is -0.161. The predicted molar refractivity (Wildman–Crippen MR) is 261 cm³/mol. The number of carbonyl (C=O) groups excluding carboxylic acids is 2. The van der Waals surface area contributed by atoms with Gasteiger partial charge < -0.3 is 34.0 Å². The zero-order valence-electron chi connectivity index (χ0n) is 40.6. The van der Waals surface area contributed by atoms with Crippen molar-refractivity contribution in [2.45, 2.75) is 212 Å². The highest BCUT2D eigenvalue weighted by Gasteiger charge is 2.36. The summed E-state index contributed by atoms with van der Waals surface area (Å²) < 4.78 is 53.5. The summed E-state index contributed by atoms with van der Waals surface area (Å²) >= 11 is 0. The minimum Gasteiger partial charge on any atom is -0.462 e. The SMILES string of the molecule is CC/C=C\CC1OC1C/C=C\C/C=C\C/C=C\C/C=C\CCC(=O)O[C@H](COC(=O)CCCCCCCCCCCCCCCCCCC(C)C)COP(=O)(O)OC[C@@H](O)COP(=O)(O)O. The van der Waals surface area contributed by atoms with Crippen molar-refractivity contribution in [3.8, 4) is 0 Å². The number of aliphatic hydroxyl groups excluding tert-OH is 1. The van der Waals surface area contributed by atoms with Crippen molar-refractivity contribution in [3.05, 3.63) is 60.8 Å². The monoisotopic (exact) mass is 975 g/mol. The van der Waals surface area contributed by atoms with Gasteiger partial charge in [-0.05, 0) is 57.3 Å². The van der Waals surface area contributed by atoms with Gasteiger partial charge in [0.05, 0.1) is 32.0 Å². The van der Waals surface area contributed by atoms with Gasteiger partial charge in [0.25, 0.3) is 0 Å². The first-order valence-corrected chi connectivity index (χ1v) is 28.0. The number of unbranched alkanes of at least 4 members (excludes halogenated alkanes) is 15. The molecule has 0 aliphatic carbocycles. The first-order chi connectivity index (χ1) is 31.7. The second kappa shape index (κ2) is 40.6. The van der Waals surface area contributed by atoms with Crippen LogP contribution < -0.4 is 0 Å². The van der Waals surface area contributed by atoms with Crippen LogP contribution in [0.4, 0.5) is 0 Å². The molecule has 0 aromatic rings. The highest BCUT2D eigenvalue weighted by atomic mass is 31.2. The van der Waals surface area contributed by atoms with Gasteiger partial charge >= 0.3 is 27.6 Å². The fourth-order valence-electron chi connectivity index (χ4n) is 6.90. The largest absolute Gasteiger partial charge is 0.472 e. The Morgan fingerprint density at radius 3 is 1.53 bits per heavy atom. The molecule has 5 atom stereocenters. The third-order valence-electron chi connectivity index (χ3n) is 10.8. The van der Waals surface area contributed by atoms with Crippen LogP contribution in [0.2, 0.25) is 0 Å². The second-order valence-corrected chi connectivity index (χ2v) is 20.3. The molecule has 1 rings (SSSR count). The Morgan fingerprint density at radius 2 is 1.02 bits per heavy atom. The molecule has 0 spiro atoms. The molecule has 0 aromatic carbocycles. The molecule has 14 nitrogen and oxygen atoms in total. The number of carbonyl (C=O) groups is 2. The summed E-state index contributed by atoms with van der Waals surface area (Å²) in [4.78, 5) is 52.9. The maximum atomic E-state index is 12.7. The molecular formula is C50H88O14P2. The average Bonchev–Trinajstić information content (AvgIpc) is 4.02. The lowest BCUT2D eigenvalue weighted by atomic mass is 10.0. The normalized spacial score (nSPS) is 17.5. The maximum absolute atomic E-state index is 12.7. The number of phosphoric acid groups is 2. The van der Waals surface area contributed by atoms with Crippen LogP contribution in [0.25, 0.3) is 0 Å². The predicted octanol–water partition coefficient (Wildman–Crippen LogP) is 12.4. The van der Waals surface area contributed by atoms with E-state index in [1.54, 1.807) is 0 Å². The molecule has 0 saturated carbocycles. The summed E-state index contributed by atoms with van der Waals surface area (Å²) in [6.07, 6.45) is 45.5. The number of rotatable bonds is 45. The lowest BCUT2D eigenvalue weighted by Gasteiger charge is -2.20.